The number of nitrogens with two attached hydrogens (primary N) is 1. The number of hydrogen-bond donors (Lipinski definition) is 1. The standard InChI is InChI=1S/C9H11F2NO/c1-5(12)8-6(10)3-4-7(13-2)9(8)11/h3-5H,12H2,1-2H3. The van der Waals surface area contributed by atoms with Gasteiger partial charge in [-0.25, -0.2) is 8.78 Å². The lowest BCUT2D eigenvalue weighted by molar-refractivity contribution is 0.378. The van der Waals surface area contributed by atoms with Gasteiger partial charge in [-0.05, 0) is 19.1 Å². The molecule has 0 heterocycles. The van der Waals surface area contributed by atoms with Crippen LogP contribution in [0.25, 0.3) is 0 Å². The molecular weight excluding hydrogens is 176 g/mol. The fourth-order valence-corrected chi connectivity index (χ4v) is 1.12. The van der Waals surface area contributed by atoms with Gasteiger partial charge in [-0.2, -0.15) is 0 Å². The monoisotopic (exact) mass is 187 g/mol. The molecule has 0 aromatic heterocycles. The summed E-state index contributed by atoms with van der Waals surface area (Å²) in [5, 5.41) is 0. The van der Waals surface area contributed by atoms with Gasteiger partial charge in [0.1, 0.15) is 5.82 Å². The van der Waals surface area contributed by atoms with Gasteiger partial charge in [0.25, 0.3) is 0 Å². The van der Waals surface area contributed by atoms with Crippen LogP contribution in [0.4, 0.5) is 8.78 Å². The third-order valence-electron chi connectivity index (χ3n) is 1.77. The first-order valence-corrected chi connectivity index (χ1v) is 3.85. The van der Waals surface area contributed by atoms with Crippen molar-refractivity contribution in [1.82, 2.24) is 0 Å². The van der Waals surface area contributed by atoms with Crippen molar-refractivity contribution in [2.24, 2.45) is 5.73 Å². The molecule has 0 spiro atoms. The Morgan fingerprint density at radius 2 is 2.00 bits per heavy atom. The number of ether oxygens (including phenoxy) is 1. The second-order valence-electron chi connectivity index (χ2n) is 2.77. The van der Waals surface area contributed by atoms with Crippen molar-refractivity contribution < 1.29 is 13.5 Å². The van der Waals surface area contributed by atoms with Gasteiger partial charge in [0.15, 0.2) is 11.6 Å². The predicted molar refractivity (Wildman–Crippen MR) is 45.5 cm³/mol. The Kier molecular flexibility index (Phi) is 2.83. The van der Waals surface area contributed by atoms with Gasteiger partial charge in [-0.1, -0.05) is 0 Å². The van der Waals surface area contributed by atoms with Crippen LogP contribution < -0.4 is 10.5 Å². The number of halogens is 2. The zero-order chi connectivity index (χ0) is 10.0. The van der Waals surface area contributed by atoms with Crippen LogP contribution in [-0.4, -0.2) is 7.11 Å². The Bertz CT molecular complexity index is 313. The van der Waals surface area contributed by atoms with Crippen molar-refractivity contribution in [2.45, 2.75) is 13.0 Å². The summed E-state index contributed by atoms with van der Waals surface area (Å²) in [4.78, 5) is 0. The average molecular weight is 187 g/mol. The van der Waals surface area contributed by atoms with Gasteiger partial charge in [0, 0.05) is 11.6 Å². The maximum atomic E-state index is 13.3. The minimum absolute atomic E-state index is 0.00806. The summed E-state index contributed by atoms with van der Waals surface area (Å²) in [6.45, 7) is 1.51. The molecular formula is C9H11F2NO. The summed E-state index contributed by atoms with van der Waals surface area (Å²) in [5.41, 5.74) is 5.26. The van der Waals surface area contributed by atoms with E-state index in [1.807, 2.05) is 0 Å². The van der Waals surface area contributed by atoms with E-state index in [2.05, 4.69) is 0 Å². The lowest BCUT2D eigenvalue weighted by Gasteiger charge is -2.11. The maximum Gasteiger partial charge on any atom is 0.172 e. The van der Waals surface area contributed by atoms with Crippen molar-refractivity contribution in [3.8, 4) is 5.75 Å². The van der Waals surface area contributed by atoms with E-state index in [4.69, 9.17) is 10.5 Å². The fraction of sp³-hybridized carbons (Fsp3) is 0.333. The first-order valence-electron chi connectivity index (χ1n) is 3.85. The topological polar surface area (TPSA) is 35.2 Å². The molecule has 0 saturated heterocycles. The number of hydrogen-bond acceptors (Lipinski definition) is 2. The van der Waals surface area contributed by atoms with Crippen LogP contribution in [0.15, 0.2) is 12.1 Å². The highest BCUT2D eigenvalue weighted by atomic mass is 19.1. The second kappa shape index (κ2) is 3.70. The molecule has 2 N–H and O–H groups in total. The Hall–Kier alpha value is -1.16. The van der Waals surface area contributed by atoms with Crippen LogP contribution in [0.3, 0.4) is 0 Å². The van der Waals surface area contributed by atoms with Crippen LogP contribution in [0.5, 0.6) is 5.75 Å². The lowest BCUT2D eigenvalue weighted by atomic mass is 10.1. The molecule has 0 aliphatic heterocycles. The lowest BCUT2D eigenvalue weighted by Crippen LogP contribution is -2.10. The molecule has 1 rings (SSSR count). The zero-order valence-corrected chi connectivity index (χ0v) is 7.47. The summed E-state index contributed by atoms with van der Waals surface area (Å²) in [6, 6.07) is 1.69. The van der Waals surface area contributed by atoms with E-state index in [-0.39, 0.29) is 11.3 Å². The number of rotatable bonds is 2. The zero-order valence-electron chi connectivity index (χ0n) is 7.47. The van der Waals surface area contributed by atoms with Crippen molar-refractivity contribution in [1.29, 1.82) is 0 Å². The van der Waals surface area contributed by atoms with Crippen LogP contribution in [0.1, 0.15) is 18.5 Å². The summed E-state index contributed by atoms with van der Waals surface area (Å²) in [6.07, 6.45) is 0. The van der Waals surface area contributed by atoms with Crippen LogP contribution in [-0.2, 0) is 0 Å². The Balaban J connectivity index is 3.30. The summed E-state index contributed by atoms with van der Waals surface area (Å²) < 4.78 is 31.1. The van der Waals surface area contributed by atoms with Crippen molar-refractivity contribution in [3.05, 3.63) is 29.3 Å². The minimum Gasteiger partial charge on any atom is -0.494 e. The molecule has 13 heavy (non-hydrogen) atoms. The normalized spacial score (nSPS) is 12.7. The van der Waals surface area contributed by atoms with E-state index in [0.29, 0.717) is 0 Å². The molecule has 1 atom stereocenters. The molecule has 4 heteroatoms. The first-order chi connectivity index (χ1) is 6.07. The van der Waals surface area contributed by atoms with Gasteiger partial charge in [0.2, 0.25) is 0 Å². The molecule has 0 radical (unpaired) electrons. The van der Waals surface area contributed by atoms with Gasteiger partial charge >= 0.3 is 0 Å². The highest BCUT2D eigenvalue weighted by molar-refractivity contribution is 5.33. The van der Waals surface area contributed by atoms with Crippen molar-refractivity contribution in [3.63, 3.8) is 0 Å². The van der Waals surface area contributed by atoms with E-state index in [0.717, 1.165) is 6.07 Å². The SMILES string of the molecule is COc1ccc(F)c(C(C)N)c1F. The summed E-state index contributed by atoms with van der Waals surface area (Å²) in [5.74, 6) is -1.36. The third-order valence-corrected chi connectivity index (χ3v) is 1.77. The molecule has 2 nitrogen and oxygen atoms in total. The van der Waals surface area contributed by atoms with Crippen LogP contribution >= 0.6 is 0 Å². The molecule has 0 fully saturated rings. The van der Waals surface area contributed by atoms with Gasteiger partial charge in [0.05, 0.1) is 7.11 Å². The third kappa shape index (κ3) is 1.78. The predicted octanol–water partition coefficient (Wildman–Crippen LogP) is 1.99. The molecule has 1 aromatic carbocycles. The smallest absolute Gasteiger partial charge is 0.172 e. The van der Waals surface area contributed by atoms with Crippen molar-refractivity contribution >= 4 is 0 Å². The van der Waals surface area contributed by atoms with E-state index in [9.17, 15) is 8.78 Å². The highest BCUT2D eigenvalue weighted by Crippen LogP contribution is 2.26. The number of benzene rings is 1. The van der Waals surface area contributed by atoms with Gasteiger partial charge < -0.3 is 10.5 Å². The Morgan fingerprint density at radius 3 is 2.46 bits per heavy atom. The molecule has 0 aliphatic carbocycles. The van der Waals surface area contributed by atoms with Crippen molar-refractivity contribution in [2.75, 3.05) is 7.11 Å². The molecule has 0 amide bonds. The quantitative estimate of drug-likeness (QED) is 0.768. The summed E-state index contributed by atoms with van der Waals surface area (Å²) >= 11 is 0. The van der Waals surface area contributed by atoms with Crippen LogP contribution in [0, 0.1) is 11.6 Å². The van der Waals surface area contributed by atoms with E-state index in [1.54, 1.807) is 0 Å². The van der Waals surface area contributed by atoms with Gasteiger partial charge in [-0.3, -0.25) is 0 Å². The minimum atomic E-state index is -0.725. The largest absolute Gasteiger partial charge is 0.494 e. The number of methoxy groups -OCH3 is 1. The molecule has 0 bridgehead atoms. The molecule has 1 unspecified atom stereocenters. The van der Waals surface area contributed by atoms with Gasteiger partial charge in [-0.15, -0.1) is 0 Å². The molecule has 0 aliphatic rings. The van der Waals surface area contributed by atoms with E-state index >= 15 is 0 Å². The molecule has 1 aromatic rings. The molecule has 72 valence electrons. The highest BCUT2D eigenvalue weighted by Gasteiger charge is 2.16. The summed E-state index contributed by atoms with van der Waals surface area (Å²) in [7, 11) is 1.32. The maximum absolute atomic E-state index is 13.3. The second-order valence-corrected chi connectivity index (χ2v) is 2.77. The Morgan fingerprint density at radius 1 is 1.38 bits per heavy atom. The first kappa shape index (κ1) is 9.92. The fourth-order valence-electron chi connectivity index (χ4n) is 1.12. The Labute approximate surface area is 75.3 Å². The van der Waals surface area contributed by atoms with E-state index < -0.39 is 17.7 Å². The average Bonchev–Trinajstić information content (AvgIpc) is 2.04. The van der Waals surface area contributed by atoms with Crippen LogP contribution in [0.2, 0.25) is 0 Å². The molecule has 0 saturated carbocycles. The van der Waals surface area contributed by atoms with E-state index in [1.165, 1.54) is 20.1 Å².